The zero-order valence-electron chi connectivity index (χ0n) is 14.3. The summed E-state index contributed by atoms with van der Waals surface area (Å²) in [4.78, 5) is 20.3. The van der Waals surface area contributed by atoms with Crippen LogP contribution in [0.5, 0.6) is 5.75 Å². The zero-order valence-corrected chi connectivity index (χ0v) is 14.3. The van der Waals surface area contributed by atoms with Crippen molar-refractivity contribution in [2.24, 2.45) is 0 Å². The summed E-state index contributed by atoms with van der Waals surface area (Å²) in [6.07, 6.45) is 3.97. The third kappa shape index (κ3) is 4.26. The van der Waals surface area contributed by atoms with Gasteiger partial charge in [0.15, 0.2) is 0 Å². The number of carbonyl (C=O) groups is 1. The van der Waals surface area contributed by atoms with Gasteiger partial charge in [0, 0.05) is 38.7 Å². The number of hydrogen-bond donors (Lipinski definition) is 0. The number of benzene rings is 1. The average molecular weight is 343 g/mol. The maximum absolute atomic E-state index is 13.3. The lowest BCUT2D eigenvalue weighted by Gasteiger charge is -2.36. The summed E-state index contributed by atoms with van der Waals surface area (Å²) < 4.78 is 18.6. The number of carbonyl (C=O) groups excluding carboxylic acids is 1. The molecule has 1 fully saturated rings. The highest BCUT2D eigenvalue weighted by Crippen LogP contribution is 2.20. The minimum atomic E-state index is -0.340. The van der Waals surface area contributed by atoms with Crippen LogP contribution in [0.15, 0.2) is 42.7 Å². The Morgan fingerprint density at radius 1 is 1.20 bits per heavy atom. The van der Waals surface area contributed by atoms with Crippen LogP contribution in [-0.2, 0) is 11.2 Å². The second kappa shape index (κ2) is 7.96. The van der Waals surface area contributed by atoms with Crippen molar-refractivity contribution in [1.29, 1.82) is 0 Å². The van der Waals surface area contributed by atoms with Crippen LogP contribution in [0.25, 0.3) is 0 Å². The number of pyridine rings is 1. The second-order valence-corrected chi connectivity index (χ2v) is 6.04. The third-order valence-electron chi connectivity index (χ3n) is 4.49. The lowest BCUT2D eigenvalue weighted by Crippen LogP contribution is -2.48. The van der Waals surface area contributed by atoms with Gasteiger partial charge in [-0.05, 0) is 18.1 Å². The second-order valence-electron chi connectivity index (χ2n) is 6.04. The molecule has 2 heterocycles. The standard InChI is InChI=1S/C19H22FN3O2/c1-25-18-5-3-2-4-15(18)6-7-19(24)23-10-8-22(9-11-23)17-12-16(20)13-21-14-17/h2-5,12-14H,6-11H2,1H3. The Kier molecular flexibility index (Phi) is 5.48. The summed E-state index contributed by atoms with van der Waals surface area (Å²) in [5.74, 6) is 0.620. The number of rotatable bonds is 5. The van der Waals surface area contributed by atoms with Crippen LogP contribution >= 0.6 is 0 Å². The van der Waals surface area contributed by atoms with Crippen molar-refractivity contribution in [2.75, 3.05) is 38.2 Å². The Hall–Kier alpha value is -2.63. The molecule has 5 nitrogen and oxygen atoms in total. The molecule has 1 saturated heterocycles. The van der Waals surface area contributed by atoms with E-state index >= 15 is 0 Å². The molecule has 132 valence electrons. The molecular formula is C19H22FN3O2. The Labute approximate surface area is 147 Å². The number of aromatic nitrogens is 1. The number of amides is 1. The fourth-order valence-corrected chi connectivity index (χ4v) is 3.10. The molecule has 0 atom stereocenters. The van der Waals surface area contributed by atoms with Crippen LogP contribution in [0.4, 0.5) is 10.1 Å². The van der Waals surface area contributed by atoms with E-state index in [9.17, 15) is 9.18 Å². The van der Waals surface area contributed by atoms with Gasteiger partial charge in [-0.3, -0.25) is 9.78 Å². The van der Waals surface area contributed by atoms with Gasteiger partial charge in [0.25, 0.3) is 0 Å². The molecule has 1 aromatic carbocycles. The first-order valence-corrected chi connectivity index (χ1v) is 8.42. The molecule has 0 bridgehead atoms. The zero-order chi connectivity index (χ0) is 17.6. The van der Waals surface area contributed by atoms with Crippen LogP contribution in [0.3, 0.4) is 0 Å². The van der Waals surface area contributed by atoms with Crippen LogP contribution < -0.4 is 9.64 Å². The summed E-state index contributed by atoms with van der Waals surface area (Å²) in [6, 6.07) is 9.25. The Morgan fingerprint density at radius 3 is 2.68 bits per heavy atom. The number of piperazine rings is 1. The van der Waals surface area contributed by atoms with E-state index in [0.29, 0.717) is 39.0 Å². The molecule has 0 saturated carbocycles. The number of hydrogen-bond acceptors (Lipinski definition) is 4. The topological polar surface area (TPSA) is 45.7 Å². The number of anilines is 1. The molecule has 1 aliphatic rings. The Morgan fingerprint density at radius 2 is 1.96 bits per heavy atom. The van der Waals surface area contributed by atoms with Crippen LogP contribution in [-0.4, -0.2) is 49.1 Å². The molecule has 1 amide bonds. The summed E-state index contributed by atoms with van der Waals surface area (Å²) >= 11 is 0. The molecule has 0 unspecified atom stereocenters. The average Bonchev–Trinajstić information content (AvgIpc) is 2.66. The quantitative estimate of drug-likeness (QED) is 0.837. The van der Waals surface area contributed by atoms with Crippen LogP contribution in [0.2, 0.25) is 0 Å². The first-order chi connectivity index (χ1) is 12.2. The van der Waals surface area contributed by atoms with Gasteiger partial charge >= 0.3 is 0 Å². The molecule has 0 aliphatic carbocycles. The smallest absolute Gasteiger partial charge is 0.223 e. The number of ether oxygens (including phenoxy) is 1. The molecule has 1 aliphatic heterocycles. The maximum atomic E-state index is 13.3. The third-order valence-corrected chi connectivity index (χ3v) is 4.49. The van der Waals surface area contributed by atoms with E-state index in [0.717, 1.165) is 17.0 Å². The summed E-state index contributed by atoms with van der Waals surface area (Å²) in [6.45, 7) is 2.65. The summed E-state index contributed by atoms with van der Waals surface area (Å²) in [7, 11) is 1.64. The highest BCUT2D eigenvalue weighted by Gasteiger charge is 2.21. The molecule has 25 heavy (non-hydrogen) atoms. The minimum absolute atomic E-state index is 0.142. The molecule has 0 N–H and O–H groups in total. The van der Waals surface area contributed by atoms with Gasteiger partial charge in [-0.1, -0.05) is 18.2 Å². The van der Waals surface area contributed by atoms with E-state index in [1.54, 1.807) is 13.3 Å². The summed E-state index contributed by atoms with van der Waals surface area (Å²) in [5.41, 5.74) is 1.81. The number of methoxy groups -OCH3 is 1. The minimum Gasteiger partial charge on any atom is -0.496 e. The lowest BCUT2D eigenvalue weighted by molar-refractivity contribution is -0.131. The predicted octanol–water partition coefficient (Wildman–Crippen LogP) is 2.51. The molecule has 0 spiro atoms. The van der Waals surface area contributed by atoms with Crippen LogP contribution in [0, 0.1) is 5.82 Å². The number of nitrogens with zero attached hydrogens (tertiary/aromatic N) is 3. The van der Waals surface area contributed by atoms with Gasteiger partial charge in [0.1, 0.15) is 11.6 Å². The number of para-hydroxylation sites is 1. The molecule has 2 aromatic rings. The van der Waals surface area contributed by atoms with Gasteiger partial charge in [-0.15, -0.1) is 0 Å². The van der Waals surface area contributed by atoms with Crippen molar-refractivity contribution >= 4 is 11.6 Å². The van der Waals surface area contributed by atoms with Gasteiger partial charge in [-0.25, -0.2) is 4.39 Å². The summed E-state index contributed by atoms with van der Waals surface area (Å²) in [5, 5.41) is 0. The van der Waals surface area contributed by atoms with E-state index in [2.05, 4.69) is 9.88 Å². The molecule has 3 rings (SSSR count). The molecule has 1 aromatic heterocycles. The largest absolute Gasteiger partial charge is 0.496 e. The van der Waals surface area contributed by atoms with Crippen molar-refractivity contribution in [3.8, 4) is 5.75 Å². The van der Waals surface area contributed by atoms with Crippen LogP contribution in [0.1, 0.15) is 12.0 Å². The van der Waals surface area contributed by atoms with Crippen molar-refractivity contribution in [3.05, 3.63) is 54.1 Å². The first kappa shape index (κ1) is 17.2. The fourth-order valence-electron chi connectivity index (χ4n) is 3.10. The van der Waals surface area contributed by atoms with Gasteiger partial charge in [0.2, 0.25) is 5.91 Å². The number of aryl methyl sites for hydroxylation is 1. The van der Waals surface area contributed by atoms with Crippen molar-refractivity contribution in [1.82, 2.24) is 9.88 Å². The fraction of sp³-hybridized carbons (Fsp3) is 0.368. The Balaban J connectivity index is 1.51. The first-order valence-electron chi connectivity index (χ1n) is 8.42. The normalized spacial score (nSPS) is 14.5. The van der Waals surface area contributed by atoms with Gasteiger partial charge < -0.3 is 14.5 Å². The van der Waals surface area contributed by atoms with Gasteiger partial charge in [0.05, 0.1) is 25.2 Å². The van der Waals surface area contributed by atoms with E-state index in [4.69, 9.17) is 4.74 Å². The van der Waals surface area contributed by atoms with Gasteiger partial charge in [-0.2, -0.15) is 0 Å². The molecule has 6 heteroatoms. The van der Waals surface area contributed by atoms with E-state index in [-0.39, 0.29) is 11.7 Å². The highest BCUT2D eigenvalue weighted by molar-refractivity contribution is 5.77. The highest BCUT2D eigenvalue weighted by atomic mass is 19.1. The van der Waals surface area contributed by atoms with E-state index in [1.807, 2.05) is 29.2 Å². The van der Waals surface area contributed by atoms with E-state index < -0.39 is 0 Å². The Bertz CT molecular complexity index is 730. The van der Waals surface area contributed by atoms with E-state index in [1.165, 1.54) is 12.3 Å². The maximum Gasteiger partial charge on any atom is 0.223 e. The number of halogens is 1. The van der Waals surface area contributed by atoms with Crippen molar-refractivity contribution < 1.29 is 13.9 Å². The molecule has 0 radical (unpaired) electrons. The monoisotopic (exact) mass is 343 g/mol. The van der Waals surface area contributed by atoms with Crippen molar-refractivity contribution in [3.63, 3.8) is 0 Å². The molecular weight excluding hydrogens is 321 g/mol. The lowest BCUT2D eigenvalue weighted by atomic mass is 10.1. The van der Waals surface area contributed by atoms with Crippen molar-refractivity contribution in [2.45, 2.75) is 12.8 Å². The predicted molar refractivity (Wildman–Crippen MR) is 94.3 cm³/mol. The SMILES string of the molecule is COc1ccccc1CCC(=O)N1CCN(c2cncc(F)c2)CC1.